The number of urea groups is 1. The summed E-state index contributed by atoms with van der Waals surface area (Å²) in [4.78, 5) is 40.5. The first-order valence-electron chi connectivity index (χ1n) is 10.6. The van der Waals surface area contributed by atoms with Crippen molar-refractivity contribution in [3.8, 4) is 0 Å². The largest absolute Gasteiger partial charge is 0.416 e. The van der Waals surface area contributed by atoms with Crippen LogP contribution in [0.25, 0.3) is 0 Å². The third kappa shape index (κ3) is 5.63. The van der Waals surface area contributed by atoms with E-state index in [-0.39, 0.29) is 49.7 Å². The molecule has 1 aliphatic heterocycles. The highest BCUT2D eigenvalue weighted by Gasteiger charge is 2.32. The Balaban J connectivity index is 1.35. The first kappa shape index (κ1) is 22.6. The Kier molecular flexibility index (Phi) is 6.26. The van der Waals surface area contributed by atoms with E-state index >= 15 is 0 Å². The molecule has 1 heterocycles. The fraction of sp³-hybridized carbons (Fsp3) is 0.348. The Hall–Kier alpha value is -3.56. The monoisotopic (exact) mass is 460 g/mol. The molecule has 2 aliphatic rings. The third-order valence-corrected chi connectivity index (χ3v) is 5.57. The minimum atomic E-state index is -4.52. The van der Waals surface area contributed by atoms with Crippen molar-refractivity contribution in [3.63, 3.8) is 0 Å². The topological polar surface area (TPSA) is 81.8 Å². The molecule has 1 saturated heterocycles. The maximum Gasteiger partial charge on any atom is 0.416 e. The Morgan fingerprint density at radius 1 is 0.818 bits per heavy atom. The number of alkyl halides is 3. The van der Waals surface area contributed by atoms with E-state index in [1.807, 2.05) is 0 Å². The summed E-state index contributed by atoms with van der Waals surface area (Å²) in [6, 6.07) is 10.8. The lowest BCUT2D eigenvalue weighted by Gasteiger charge is -2.35. The zero-order valence-corrected chi connectivity index (χ0v) is 17.7. The minimum absolute atomic E-state index is 0.0344. The first-order valence-corrected chi connectivity index (χ1v) is 10.6. The number of anilines is 1. The van der Waals surface area contributed by atoms with Gasteiger partial charge in [-0.1, -0.05) is 12.1 Å². The van der Waals surface area contributed by atoms with E-state index in [1.54, 1.807) is 29.2 Å². The van der Waals surface area contributed by atoms with Gasteiger partial charge in [-0.05, 0) is 49.2 Å². The van der Waals surface area contributed by atoms with Gasteiger partial charge in [-0.2, -0.15) is 13.2 Å². The fourth-order valence-electron chi connectivity index (χ4n) is 3.62. The van der Waals surface area contributed by atoms with Crippen LogP contribution in [0.5, 0.6) is 0 Å². The van der Waals surface area contributed by atoms with Crippen LogP contribution >= 0.6 is 0 Å². The summed E-state index contributed by atoms with van der Waals surface area (Å²) in [5, 5.41) is 5.52. The van der Waals surface area contributed by atoms with Crippen molar-refractivity contribution < 1.29 is 27.6 Å². The van der Waals surface area contributed by atoms with Crippen molar-refractivity contribution in [1.29, 1.82) is 0 Å². The summed E-state index contributed by atoms with van der Waals surface area (Å²) in [5.74, 6) is -0.742. The molecule has 1 saturated carbocycles. The van der Waals surface area contributed by atoms with Gasteiger partial charge < -0.3 is 20.4 Å². The number of carbonyl (C=O) groups excluding carboxylic acids is 3. The Morgan fingerprint density at radius 2 is 1.36 bits per heavy atom. The molecule has 1 aliphatic carbocycles. The van der Waals surface area contributed by atoms with Gasteiger partial charge in [0.05, 0.1) is 5.56 Å². The van der Waals surface area contributed by atoms with Crippen LogP contribution in [0, 0.1) is 0 Å². The van der Waals surface area contributed by atoms with Gasteiger partial charge >= 0.3 is 12.2 Å². The van der Waals surface area contributed by atoms with E-state index in [0.717, 1.165) is 25.0 Å². The number of hydrogen-bond donors (Lipinski definition) is 2. The molecule has 7 nitrogen and oxygen atoms in total. The first-order chi connectivity index (χ1) is 15.7. The van der Waals surface area contributed by atoms with E-state index in [0.29, 0.717) is 11.3 Å². The van der Waals surface area contributed by atoms with Crippen LogP contribution in [0.2, 0.25) is 0 Å². The maximum atomic E-state index is 12.9. The van der Waals surface area contributed by atoms with Crippen molar-refractivity contribution >= 4 is 23.5 Å². The molecule has 2 aromatic carbocycles. The number of rotatable bonds is 4. The summed E-state index contributed by atoms with van der Waals surface area (Å²) in [6.45, 7) is 0.928. The van der Waals surface area contributed by atoms with Crippen LogP contribution in [-0.4, -0.2) is 59.9 Å². The van der Waals surface area contributed by atoms with Gasteiger partial charge in [0.2, 0.25) is 0 Å². The number of amides is 4. The highest BCUT2D eigenvalue weighted by atomic mass is 19.4. The third-order valence-electron chi connectivity index (χ3n) is 5.57. The molecule has 0 unspecified atom stereocenters. The molecule has 2 fully saturated rings. The molecule has 0 aromatic heterocycles. The number of hydrogen-bond acceptors (Lipinski definition) is 3. The van der Waals surface area contributed by atoms with Crippen molar-refractivity contribution in [2.45, 2.75) is 25.1 Å². The zero-order valence-electron chi connectivity index (χ0n) is 17.7. The van der Waals surface area contributed by atoms with Crippen LogP contribution in [0.3, 0.4) is 0 Å². The van der Waals surface area contributed by atoms with Crippen LogP contribution in [-0.2, 0) is 6.18 Å². The molecular formula is C23H23F3N4O3. The highest BCUT2D eigenvalue weighted by Crippen LogP contribution is 2.30. The summed E-state index contributed by atoms with van der Waals surface area (Å²) >= 11 is 0. The number of carbonyl (C=O) groups is 3. The number of nitrogens with one attached hydrogen (secondary N) is 2. The Bertz CT molecular complexity index is 1060. The van der Waals surface area contributed by atoms with Gasteiger partial charge in [0.1, 0.15) is 0 Å². The van der Waals surface area contributed by atoms with Crippen LogP contribution in [0.15, 0.2) is 48.5 Å². The van der Waals surface area contributed by atoms with E-state index in [4.69, 9.17) is 0 Å². The summed E-state index contributed by atoms with van der Waals surface area (Å²) in [6.07, 6.45) is -2.59. The molecule has 4 amide bonds. The number of nitrogens with zero attached hydrogens (tertiary/aromatic N) is 2. The zero-order chi connectivity index (χ0) is 23.6. The maximum absolute atomic E-state index is 12.9. The predicted molar refractivity (Wildman–Crippen MR) is 115 cm³/mol. The van der Waals surface area contributed by atoms with Gasteiger partial charge in [0.25, 0.3) is 11.8 Å². The van der Waals surface area contributed by atoms with Gasteiger partial charge in [-0.25, -0.2) is 4.79 Å². The molecule has 2 N–H and O–H groups in total. The molecule has 2 aromatic rings. The Labute approximate surface area is 188 Å². The fourth-order valence-corrected chi connectivity index (χ4v) is 3.62. The lowest BCUT2D eigenvalue weighted by atomic mass is 10.1. The van der Waals surface area contributed by atoms with E-state index in [1.165, 1.54) is 17.0 Å². The Morgan fingerprint density at radius 3 is 1.91 bits per heavy atom. The number of benzene rings is 2. The van der Waals surface area contributed by atoms with Gasteiger partial charge in [-0.3, -0.25) is 9.59 Å². The predicted octanol–water partition coefficient (Wildman–Crippen LogP) is 3.59. The summed E-state index contributed by atoms with van der Waals surface area (Å²) in [7, 11) is 0. The second-order valence-corrected chi connectivity index (χ2v) is 8.12. The van der Waals surface area contributed by atoms with Crippen LogP contribution in [0.1, 0.15) is 39.1 Å². The average Bonchev–Trinajstić information content (AvgIpc) is 3.61. The standard InChI is InChI=1S/C23H23F3N4O3/c24-23(25,26)17-5-1-3-15(13-17)20(31)29-9-11-30(12-10-29)21(32)16-4-2-6-19(14-16)28-22(33)27-18-7-8-18/h1-6,13-14,18H,7-12H2,(H2,27,28,33). The lowest BCUT2D eigenvalue weighted by molar-refractivity contribution is -0.137. The van der Waals surface area contributed by atoms with Crippen molar-refractivity contribution in [3.05, 3.63) is 65.2 Å². The normalized spacial score (nSPS) is 16.3. The lowest BCUT2D eigenvalue weighted by Crippen LogP contribution is -2.50. The van der Waals surface area contributed by atoms with Crippen LogP contribution in [0.4, 0.5) is 23.7 Å². The molecular weight excluding hydrogens is 437 g/mol. The van der Waals surface area contributed by atoms with E-state index < -0.39 is 17.6 Å². The van der Waals surface area contributed by atoms with Gasteiger partial charge in [-0.15, -0.1) is 0 Å². The summed E-state index contributed by atoms with van der Waals surface area (Å²) < 4.78 is 38.8. The molecule has 0 atom stereocenters. The van der Waals surface area contributed by atoms with Crippen molar-refractivity contribution in [1.82, 2.24) is 15.1 Å². The molecule has 0 spiro atoms. The quantitative estimate of drug-likeness (QED) is 0.732. The SMILES string of the molecule is O=C(Nc1cccc(C(=O)N2CCN(C(=O)c3cccc(C(F)(F)F)c3)CC2)c1)NC1CC1. The second kappa shape index (κ2) is 9.13. The van der Waals surface area contributed by atoms with Gasteiger partial charge in [0, 0.05) is 49.0 Å². The molecule has 33 heavy (non-hydrogen) atoms. The second-order valence-electron chi connectivity index (χ2n) is 8.12. The molecule has 174 valence electrons. The number of piperazine rings is 1. The van der Waals surface area contributed by atoms with E-state index in [9.17, 15) is 27.6 Å². The van der Waals surface area contributed by atoms with E-state index in [2.05, 4.69) is 10.6 Å². The van der Waals surface area contributed by atoms with Gasteiger partial charge in [0.15, 0.2) is 0 Å². The van der Waals surface area contributed by atoms with Crippen LogP contribution < -0.4 is 10.6 Å². The molecule has 4 rings (SSSR count). The highest BCUT2D eigenvalue weighted by molar-refractivity contribution is 5.97. The number of halogens is 3. The summed E-state index contributed by atoms with van der Waals surface area (Å²) in [5.41, 5.74) is -0.0106. The smallest absolute Gasteiger partial charge is 0.335 e. The van der Waals surface area contributed by atoms with Crippen molar-refractivity contribution in [2.24, 2.45) is 0 Å². The minimum Gasteiger partial charge on any atom is -0.335 e. The molecule has 0 radical (unpaired) electrons. The van der Waals surface area contributed by atoms with Crippen molar-refractivity contribution in [2.75, 3.05) is 31.5 Å². The molecule has 0 bridgehead atoms. The average molecular weight is 460 g/mol. The molecule has 10 heteroatoms.